The zero-order chi connectivity index (χ0) is 18.5. The molecule has 1 heterocycles. The summed E-state index contributed by atoms with van der Waals surface area (Å²) in [7, 11) is 0. The van der Waals surface area contributed by atoms with Gasteiger partial charge in [0.1, 0.15) is 0 Å². The zero-order valence-corrected chi connectivity index (χ0v) is 15.5. The van der Waals surface area contributed by atoms with Crippen LogP contribution in [0.2, 0.25) is 0 Å². The molecule has 1 saturated heterocycles. The van der Waals surface area contributed by atoms with Crippen LogP contribution >= 0.6 is 0 Å². The first-order valence-corrected chi connectivity index (χ1v) is 9.66. The first-order chi connectivity index (χ1) is 12.6. The van der Waals surface area contributed by atoms with E-state index in [9.17, 15) is 9.59 Å². The van der Waals surface area contributed by atoms with Crippen molar-refractivity contribution in [2.24, 2.45) is 5.92 Å². The predicted molar refractivity (Wildman–Crippen MR) is 101 cm³/mol. The Morgan fingerprint density at radius 2 is 1.81 bits per heavy atom. The van der Waals surface area contributed by atoms with Gasteiger partial charge in [-0.3, -0.25) is 9.59 Å². The second-order valence-electron chi connectivity index (χ2n) is 7.48. The maximum atomic E-state index is 12.6. The lowest BCUT2D eigenvalue weighted by Crippen LogP contribution is -2.49. The minimum absolute atomic E-state index is 0.000272. The van der Waals surface area contributed by atoms with Gasteiger partial charge >= 0.3 is 0 Å². The minimum Gasteiger partial charge on any atom is -0.367 e. The van der Waals surface area contributed by atoms with Gasteiger partial charge in [-0.05, 0) is 43.9 Å². The number of hydrogen-bond donors (Lipinski definition) is 0. The summed E-state index contributed by atoms with van der Waals surface area (Å²) in [5.74, 6) is 0.834. The number of carbonyl (C=O) groups is 2. The number of amides is 1. The Hall–Kier alpha value is -2.35. The van der Waals surface area contributed by atoms with Crippen LogP contribution in [0, 0.1) is 17.2 Å². The van der Waals surface area contributed by atoms with Crippen molar-refractivity contribution in [2.45, 2.75) is 45.4 Å². The van der Waals surface area contributed by atoms with E-state index in [1.54, 1.807) is 25.1 Å². The third kappa shape index (κ3) is 4.24. The van der Waals surface area contributed by atoms with Crippen LogP contribution < -0.4 is 4.90 Å². The Bertz CT molecular complexity index is 708. The smallest absolute Gasteiger partial charge is 0.222 e. The fourth-order valence-electron chi connectivity index (χ4n) is 4.12. The van der Waals surface area contributed by atoms with Gasteiger partial charge < -0.3 is 9.80 Å². The van der Waals surface area contributed by atoms with E-state index in [0.717, 1.165) is 5.69 Å². The Morgan fingerprint density at radius 1 is 1.12 bits per heavy atom. The van der Waals surface area contributed by atoms with Crippen LogP contribution in [0.4, 0.5) is 5.69 Å². The van der Waals surface area contributed by atoms with Gasteiger partial charge in [-0.1, -0.05) is 19.3 Å². The monoisotopic (exact) mass is 353 g/mol. The molecule has 1 amide bonds. The number of carbonyl (C=O) groups excluding carboxylic acids is 2. The fourth-order valence-corrected chi connectivity index (χ4v) is 4.12. The van der Waals surface area contributed by atoms with Gasteiger partial charge in [-0.25, -0.2) is 0 Å². The van der Waals surface area contributed by atoms with E-state index >= 15 is 0 Å². The highest BCUT2D eigenvalue weighted by Crippen LogP contribution is 2.28. The van der Waals surface area contributed by atoms with Crippen LogP contribution in [0.1, 0.15) is 61.4 Å². The molecule has 1 aromatic rings. The molecule has 1 saturated carbocycles. The van der Waals surface area contributed by atoms with Gasteiger partial charge in [-0.15, -0.1) is 0 Å². The zero-order valence-electron chi connectivity index (χ0n) is 15.5. The van der Waals surface area contributed by atoms with E-state index in [1.807, 2.05) is 4.90 Å². The maximum Gasteiger partial charge on any atom is 0.222 e. The van der Waals surface area contributed by atoms with Gasteiger partial charge in [0.2, 0.25) is 5.91 Å². The molecule has 3 rings (SSSR count). The summed E-state index contributed by atoms with van der Waals surface area (Å²) in [5, 5.41) is 9.15. The Labute approximate surface area is 155 Å². The van der Waals surface area contributed by atoms with Crippen molar-refractivity contribution in [3.8, 4) is 6.07 Å². The number of ketones is 1. The molecule has 0 aromatic heterocycles. The number of piperazine rings is 1. The summed E-state index contributed by atoms with van der Waals surface area (Å²) < 4.78 is 0. The van der Waals surface area contributed by atoms with Crippen molar-refractivity contribution in [1.29, 1.82) is 5.26 Å². The van der Waals surface area contributed by atoms with E-state index in [2.05, 4.69) is 11.0 Å². The Balaban J connectivity index is 1.62. The quantitative estimate of drug-likeness (QED) is 0.779. The molecular weight excluding hydrogens is 326 g/mol. The summed E-state index contributed by atoms with van der Waals surface area (Å²) >= 11 is 0. The molecule has 5 nitrogen and oxygen atoms in total. The summed E-state index contributed by atoms with van der Waals surface area (Å²) in [6.07, 6.45) is 6.89. The summed E-state index contributed by atoms with van der Waals surface area (Å²) in [4.78, 5) is 28.6. The minimum atomic E-state index is 0.000272. The molecule has 2 fully saturated rings. The molecule has 2 aliphatic rings. The first kappa shape index (κ1) is 18.4. The van der Waals surface area contributed by atoms with E-state index in [0.29, 0.717) is 49.6 Å². The molecule has 1 aliphatic carbocycles. The predicted octanol–water partition coefficient (Wildman–Crippen LogP) is 3.38. The van der Waals surface area contributed by atoms with Crippen LogP contribution in [0.25, 0.3) is 0 Å². The number of hydrogen-bond acceptors (Lipinski definition) is 4. The van der Waals surface area contributed by atoms with Crippen molar-refractivity contribution in [1.82, 2.24) is 4.90 Å². The molecule has 1 aromatic carbocycles. The highest BCUT2D eigenvalue weighted by molar-refractivity contribution is 6.00. The lowest BCUT2D eigenvalue weighted by molar-refractivity contribution is -0.132. The van der Waals surface area contributed by atoms with Crippen molar-refractivity contribution < 1.29 is 9.59 Å². The lowest BCUT2D eigenvalue weighted by atomic mass is 9.86. The van der Waals surface area contributed by atoms with E-state index in [1.165, 1.54) is 32.1 Å². The van der Waals surface area contributed by atoms with E-state index < -0.39 is 0 Å². The summed E-state index contributed by atoms with van der Waals surface area (Å²) in [6, 6.07) is 7.35. The van der Waals surface area contributed by atoms with Crippen LogP contribution in [0.3, 0.4) is 0 Å². The number of benzene rings is 1. The van der Waals surface area contributed by atoms with Crippen molar-refractivity contribution in [3.63, 3.8) is 0 Å². The van der Waals surface area contributed by atoms with Gasteiger partial charge in [-0.2, -0.15) is 5.26 Å². The first-order valence-electron chi connectivity index (χ1n) is 9.66. The molecule has 0 unspecified atom stereocenters. The van der Waals surface area contributed by atoms with Crippen LogP contribution in [0.5, 0.6) is 0 Å². The maximum absolute atomic E-state index is 12.6. The molecular formula is C21H27N3O2. The van der Waals surface area contributed by atoms with Gasteiger partial charge in [0.15, 0.2) is 5.78 Å². The normalized spacial score (nSPS) is 18.5. The topological polar surface area (TPSA) is 64.4 Å². The van der Waals surface area contributed by atoms with E-state index in [4.69, 9.17) is 5.26 Å². The highest BCUT2D eigenvalue weighted by Gasteiger charge is 2.26. The Kier molecular flexibility index (Phi) is 5.92. The lowest BCUT2D eigenvalue weighted by Gasteiger charge is -2.37. The highest BCUT2D eigenvalue weighted by atomic mass is 16.2. The third-order valence-electron chi connectivity index (χ3n) is 5.67. The average Bonchev–Trinajstić information content (AvgIpc) is 2.68. The van der Waals surface area contributed by atoms with Crippen LogP contribution in [-0.2, 0) is 4.79 Å². The second-order valence-corrected chi connectivity index (χ2v) is 7.48. The largest absolute Gasteiger partial charge is 0.367 e. The number of anilines is 1. The van der Waals surface area contributed by atoms with Crippen LogP contribution in [0.15, 0.2) is 18.2 Å². The molecule has 0 radical (unpaired) electrons. The number of nitriles is 1. The number of rotatable bonds is 4. The fraction of sp³-hybridized carbons (Fsp3) is 0.571. The molecule has 0 bridgehead atoms. The van der Waals surface area contributed by atoms with Crippen LogP contribution in [-0.4, -0.2) is 42.8 Å². The Morgan fingerprint density at radius 3 is 2.42 bits per heavy atom. The van der Waals surface area contributed by atoms with E-state index in [-0.39, 0.29) is 11.7 Å². The van der Waals surface area contributed by atoms with Crippen molar-refractivity contribution in [3.05, 3.63) is 29.3 Å². The summed E-state index contributed by atoms with van der Waals surface area (Å²) in [5.41, 5.74) is 2.02. The molecule has 0 atom stereocenters. The molecule has 1 aliphatic heterocycles. The molecule has 26 heavy (non-hydrogen) atoms. The molecule has 0 spiro atoms. The average molecular weight is 353 g/mol. The third-order valence-corrected chi connectivity index (χ3v) is 5.67. The second kappa shape index (κ2) is 8.35. The molecule has 138 valence electrons. The van der Waals surface area contributed by atoms with Gasteiger partial charge in [0, 0.05) is 43.9 Å². The molecule has 5 heteroatoms. The summed E-state index contributed by atoms with van der Waals surface area (Å²) in [6.45, 7) is 4.31. The van der Waals surface area contributed by atoms with Crippen molar-refractivity contribution >= 4 is 17.4 Å². The number of nitrogens with zero attached hydrogens (tertiary/aromatic N) is 3. The standard InChI is InChI=1S/C21H27N3O2/c1-16(25)19-8-7-18(15-22)13-20(19)23-9-11-24(12-10-23)21(26)14-17-5-3-2-4-6-17/h7-8,13,17H,2-6,9-12,14H2,1H3. The number of Topliss-reactive ketones (excluding diaryl/α,β-unsaturated/α-hetero) is 1. The molecule has 0 N–H and O–H groups in total. The van der Waals surface area contributed by atoms with Gasteiger partial charge in [0.25, 0.3) is 0 Å². The van der Waals surface area contributed by atoms with Gasteiger partial charge in [0.05, 0.1) is 11.6 Å². The van der Waals surface area contributed by atoms with Crippen molar-refractivity contribution in [2.75, 3.05) is 31.1 Å². The SMILES string of the molecule is CC(=O)c1ccc(C#N)cc1N1CCN(C(=O)CC2CCCCC2)CC1.